The molecular weight excluding hydrogens is 304 g/mol. The third kappa shape index (κ3) is 6.22. The van der Waals surface area contributed by atoms with Crippen LogP contribution in [0.3, 0.4) is 0 Å². The standard InChI is InChI=1S/C14H20N4O3S/c1-17(2)8-9-18(22(3,20)21)11-14(19)16-13-6-4-12(10-15)5-7-13/h4-7H,8-9,11H2,1-3H3,(H,16,19). The van der Waals surface area contributed by atoms with Crippen molar-refractivity contribution in [1.82, 2.24) is 9.21 Å². The Morgan fingerprint density at radius 3 is 2.27 bits per heavy atom. The summed E-state index contributed by atoms with van der Waals surface area (Å²) in [5.74, 6) is -0.422. The fourth-order valence-electron chi connectivity index (χ4n) is 1.66. The predicted octanol–water partition coefficient (Wildman–Crippen LogP) is 0.320. The summed E-state index contributed by atoms with van der Waals surface area (Å²) >= 11 is 0. The van der Waals surface area contributed by atoms with Gasteiger partial charge >= 0.3 is 0 Å². The summed E-state index contributed by atoms with van der Waals surface area (Å²) in [6.07, 6.45) is 1.08. The van der Waals surface area contributed by atoms with E-state index in [0.717, 1.165) is 10.6 Å². The van der Waals surface area contributed by atoms with Crippen LogP contribution in [0, 0.1) is 11.3 Å². The molecule has 8 heteroatoms. The second-order valence-electron chi connectivity index (χ2n) is 5.14. The zero-order valence-electron chi connectivity index (χ0n) is 12.9. The Kier molecular flexibility index (Phi) is 6.49. The molecule has 1 N–H and O–H groups in total. The molecule has 0 fully saturated rings. The van der Waals surface area contributed by atoms with Gasteiger partial charge in [-0.2, -0.15) is 9.57 Å². The molecule has 0 saturated heterocycles. The Balaban J connectivity index is 2.68. The highest BCUT2D eigenvalue weighted by atomic mass is 32.2. The van der Waals surface area contributed by atoms with Gasteiger partial charge in [0.25, 0.3) is 0 Å². The summed E-state index contributed by atoms with van der Waals surface area (Å²) in [6, 6.07) is 8.34. The molecule has 0 heterocycles. The Labute approximate surface area is 131 Å². The zero-order chi connectivity index (χ0) is 16.8. The number of benzene rings is 1. The van der Waals surface area contributed by atoms with Crippen molar-refractivity contribution in [3.05, 3.63) is 29.8 Å². The first kappa shape index (κ1) is 18.1. The average Bonchev–Trinajstić information content (AvgIpc) is 2.42. The summed E-state index contributed by atoms with van der Waals surface area (Å²) in [5, 5.41) is 11.3. The van der Waals surface area contributed by atoms with Crippen LogP contribution in [0.15, 0.2) is 24.3 Å². The van der Waals surface area contributed by atoms with Gasteiger partial charge in [0.15, 0.2) is 0 Å². The number of sulfonamides is 1. The fourth-order valence-corrected chi connectivity index (χ4v) is 2.43. The highest BCUT2D eigenvalue weighted by Crippen LogP contribution is 2.09. The molecule has 1 amide bonds. The van der Waals surface area contributed by atoms with Gasteiger partial charge in [-0.25, -0.2) is 8.42 Å². The van der Waals surface area contributed by atoms with E-state index >= 15 is 0 Å². The second kappa shape index (κ2) is 7.89. The molecule has 1 rings (SSSR count). The van der Waals surface area contributed by atoms with Crippen molar-refractivity contribution < 1.29 is 13.2 Å². The van der Waals surface area contributed by atoms with Gasteiger partial charge in [-0.3, -0.25) is 4.79 Å². The van der Waals surface area contributed by atoms with Crippen LogP contribution in [0.1, 0.15) is 5.56 Å². The number of nitrogens with zero attached hydrogens (tertiary/aromatic N) is 3. The number of carbonyl (C=O) groups is 1. The molecule has 0 aliphatic carbocycles. The third-order valence-electron chi connectivity index (χ3n) is 2.88. The molecule has 22 heavy (non-hydrogen) atoms. The zero-order valence-corrected chi connectivity index (χ0v) is 13.7. The lowest BCUT2D eigenvalue weighted by atomic mass is 10.2. The normalized spacial score (nSPS) is 11.5. The summed E-state index contributed by atoms with van der Waals surface area (Å²) in [5.41, 5.74) is 1.01. The van der Waals surface area contributed by atoms with Gasteiger partial charge in [-0.1, -0.05) is 0 Å². The van der Waals surface area contributed by atoms with Crippen molar-refractivity contribution in [2.24, 2.45) is 0 Å². The molecule has 0 aromatic heterocycles. The van der Waals surface area contributed by atoms with E-state index in [2.05, 4.69) is 5.32 Å². The molecule has 0 aliphatic rings. The number of amides is 1. The first-order chi connectivity index (χ1) is 10.2. The van der Waals surface area contributed by atoms with Crippen LogP contribution in [-0.2, 0) is 14.8 Å². The summed E-state index contributed by atoms with van der Waals surface area (Å²) in [7, 11) is 0.205. The van der Waals surface area contributed by atoms with Gasteiger partial charge in [-0.15, -0.1) is 0 Å². The number of nitrogens with one attached hydrogen (secondary N) is 1. The van der Waals surface area contributed by atoms with Crippen LogP contribution in [0.4, 0.5) is 5.69 Å². The first-order valence-corrected chi connectivity index (χ1v) is 8.47. The van der Waals surface area contributed by atoms with E-state index in [0.29, 0.717) is 17.8 Å². The average molecular weight is 324 g/mol. The highest BCUT2D eigenvalue weighted by Gasteiger charge is 2.20. The van der Waals surface area contributed by atoms with Crippen LogP contribution in [0.25, 0.3) is 0 Å². The largest absolute Gasteiger partial charge is 0.325 e. The molecule has 0 spiro atoms. The van der Waals surface area contributed by atoms with Gasteiger partial charge in [0.2, 0.25) is 15.9 Å². The Bertz CT molecular complexity index is 648. The van der Waals surface area contributed by atoms with Gasteiger partial charge in [0.05, 0.1) is 24.4 Å². The Morgan fingerprint density at radius 1 is 1.23 bits per heavy atom. The maximum Gasteiger partial charge on any atom is 0.239 e. The monoisotopic (exact) mass is 324 g/mol. The Morgan fingerprint density at radius 2 is 1.82 bits per heavy atom. The minimum absolute atomic E-state index is 0.243. The minimum Gasteiger partial charge on any atom is -0.325 e. The number of nitriles is 1. The molecule has 0 unspecified atom stereocenters. The molecule has 0 radical (unpaired) electrons. The van der Waals surface area contributed by atoms with Crippen LogP contribution in [0.2, 0.25) is 0 Å². The molecule has 0 bridgehead atoms. The number of anilines is 1. The molecule has 0 atom stereocenters. The van der Waals surface area contributed by atoms with Crippen LogP contribution in [0.5, 0.6) is 0 Å². The summed E-state index contributed by atoms with van der Waals surface area (Å²) < 4.78 is 24.5. The second-order valence-corrected chi connectivity index (χ2v) is 7.12. The number of hydrogen-bond acceptors (Lipinski definition) is 5. The summed E-state index contributed by atoms with van der Waals surface area (Å²) in [4.78, 5) is 13.8. The molecule has 0 saturated carbocycles. The number of rotatable bonds is 7. The molecule has 1 aromatic rings. The van der Waals surface area contributed by atoms with E-state index in [1.54, 1.807) is 24.3 Å². The van der Waals surface area contributed by atoms with Gasteiger partial charge < -0.3 is 10.2 Å². The number of likely N-dealkylation sites (N-methyl/N-ethyl adjacent to an activating group) is 1. The van der Waals surface area contributed by atoms with Gasteiger partial charge in [-0.05, 0) is 38.4 Å². The van der Waals surface area contributed by atoms with Crippen molar-refractivity contribution in [3.8, 4) is 6.07 Å². The van der Waals surface area contributed by atoms with Crippen molar-refractivity contribution in [3.63, 3.8) is 0 Å². The lowest BCUT2D eigenvalue weighted by Gasteiger charge is -2.21. The lowest BCUT2D eigenvalue weighted by Crippen LogP contribution is -2.41. The number of hydrogen-bond donors (Lipinski definition) is 1. The smallest absolute Gasteiger partial charge is 0.239 e. The highest BCUT2D eigenvalue weighted by molar-refractivity contribution is 7.88. The van der Waals surface area contributed by atoms with Crippen molar-refractivity contribution in [1.29, 1.82) is 5.26 Å². The quantitative estimate of drug-likeness (QED) is 0.779. The molecule has 120 valence electrons. The summed E-state index contributed by atoms with van der Waals surface area (Å²) in [6.45, 7) is 0.524. The van der Waals surface area contributed by atoms with Crippen LogP contribution in [-0.4, -0.2) is 63.5 Å². The van der Waals surface area contributed by atoms with E-state index in [-0.39, 0.29) is 13.1 Å². The van der Waals surface area contributed by atoms with E-state index in [9.17, 15) is 13.2 Å². The molecule has 1 aromatic carbocycles. The molecule has 0 aliphatic heterocycles. The van der Waals surface area contributed by atoms with Gasteiger partial charge in [0, 0.05) is 18.8 Å². The third-order valence-corrected chi connectivity index (χ3v) is 4.13. The van der Waals surface area contributed by atoms with E-state index in [1.807, 2.05) is 25.1 Å². The SMILES string of the molecule is CN(C)CCN(CC(=O)Nc1ccc(C#N)cc1)S(C)(=O)=O. The van der Waals surface area contributed by atoms with Gasteiger partial charge in [0.1, 0.15) is 0 Å². The Hall–Kier alpha value is -1.95. The van der Waals surface area contributed by atoms with Crippen LogP contribution >= 0.6 is 0 Å². The fraction of sp³-hybridized carbons (Fsp3) is 0.429. The number of carbonyl (C=O) groups excluding carboxylic acids is 1. The lowest BCUT2D eigenvalue weighted by molar-refractivity contribution is -0.116. The van der Waals surface area contributed by atoms with Crippen molar-refractivity contribution >= 4 is 21.6 Å². The first-order valence-electron chi connectivity index (χ1n) is 6.62. The van der Waals surface area contributed by atoms with Crippen molar-refractivity contribution in [2.75, 3.05) is 45.3 Å². The van der Waals surface area contributed by atoms with E-state index < -0.39 is 15.9 Å². The maximum absolute atomic E-state index is 12.0. The molecular formula is C14H20N4O3S. The topological polar surface area (TPSA) is 93.5 Å². The van der Waals surface area contributed by atoms with E-state index in [1.165, 1.54) is 0 Å². The van der Waals surface area contributed by atoms with Crippen molar-refractivity contribution in [2.45, 2.75) is 0 Å². The maximum atomic E-state index is 12.0. The predicted molar refractivity (Wildman–Crippen MR) is 84.8 cm³/mol. The van der Waals surface area contributed by atoms with E-state index in [4.69, 9.17) is 5.26 Å². The minimum atomic E-state index is -3.46. The van der Waals surface area contributed by atoms with Crippen LogP contribution < -0.4 is 5.32 Å². The molecule has 7 nitrogen and oxygen atoms in total.